The van der Waals surface area contributed by atoms with Crippen LogP contribution in [0.2, 0.25) is 5.02 Å². The molecule has 7 heteroatoms. The molecule has 2 aromatic rings. The Morgan fingerprint density at radius 2 is 2.26 bits per heavy atom. The summed E-state index contributed by atoms with van der Waals surface area (Å²) in [5, 5.41) is 4.88. The van der Waals surface area contributed by atoms with E-state index in [1.807, 2.05) is 13.1 Å². The molecule has 1 fully saturated rings. The predicted molar refractivity (Wildman–Crippen MR) is 78.4 cm³/mol. The Balaban J connectivity index is 0.00000133. The van der Waals surface area contributed by atoms with Gasteiger partial charge in [-0.3, -0.25) is 4.68 Å². The van der Waals surface area contributed by atoms with Gasteiger partial charge in [0.05, 0.1) is 30.5 Å². The topological polar surface area (TPSA) is 43.2 Å². The molecule has 1 unspecified atom stereocenters. The zero-order valence-electron chi connectivity index (χ0n) is 10.8. The maximum Gasteiger partial charge on any atom is 0.131 e. The summed E-state index contributed by atoms with van der Waals surface area (Å²) in [4.78, 5) is 6.86. The molecule has 19 heavy (non-hydrogen) atoms. The number of ether oxygens (including phenoxy) is 1. The summed E-state index contributed by atoms with van der Waals surface area (Å²) in [5.74, 6) is 0.899. The van der Waals surface area contributed by atoms with E-state index in [2.05, 4.69) is 21.9 Å². The Bertz CT molecular complexity index is 586. The fraction of sp³-hybridized carbons (Fsp3) is 0.500. The minimum absolute atomic E-state index is 0. The maximum atomic E-state index is 6.32. The van der Waals surface area contributed by atoms with Gasteiger partial charge in [-0.05, 0) is 6.92 Å². The van der Waals surface area contributed by atoms with Gasteiger partial charge < -0.3 is 9.64 Å². The van der Waals surface area contributed by atoms with Gasteiger partial charge in [0.1, 0.15) is 16.9 Å². The molecule has 0 aliphatic carbocycles. The highest BCUT2D eigenvalue weighted by molar-refractivity contribution is 6.35. The molecular weight excluding hydrogens is 287 g/mol. The molecule has 0 N–H and O–H groups in total. The van der Waals surface area contributed by atoms with Crippen molar-refractivity contribution in [1.82, 2.24) is 14.8 Å². The van der Waals surface area contributed by atoms with Crippen LogP contribution in [-0.4, -0.2) is 40.6 Å². The Labute approximate surface area is 122 Å². The molecular formula is C12H16Cl2N4O. The van der Waals surface area contributed by atoms with Crippen LogP contribution in [0.4, 0.5) is 5.82 Å². The Hall–Kier alpha value is -1.04. The van der Waals surface area contributed by atoms with Crippen molar-refractivity contribution in [1.29, 1.82) is 0 Å². The lowest BCUT2D eigenvalue weighted by Gasteiger charge is -2.34. The molecule has 1 atom stereocenters. The Morgan fingerprint density at radius 1 is 1.47 bits per heavy atom. The third-order valence-corrected chi connectivity index (χ3v) is 3.59. The quantitative estimate of drug-likeness (QED) is 0.810. The number of aromatic nitrogens is 3. The first-order valence-electron chi connectivity index (χ1n) is 5.99. The fourth-order valence-electron chi connectivity index (χ4n) is 2.34. The highest BCUT2D eigenvalue weighted by atomic mass is 35.5. The van der Waals surface area contributed by atoms with Crippen LogP contribution >= 0.6 is 24.0 Å². The molecule has 3 heterocycles. The number of anilines is 1. The molecule has 1 aliphatic heterocycles. The van der Waals surface area contributed by atoms with Gasteiger partial charge >= 0.3 is 0 Å². The minimum Gasteiger partial charge on any atom is -0.377 e. The molecule has 1 saturated heterocycles. The lowest BCUT2D eigenvalue weighted by atomic mass is 10.2. The van der Waals surface area contributed by atoms with E-state index in [4.69, 9.17) is 16.3 Å². The lowest BCUT2D eigenvalue weighted by molar-refractivity contribution is 0.0986. The number of halogens is 2. The summed E-state index contributed by atoms with van der Waals surface area (Å²) in [5.41, 5.74) is 1.71. The summed E-state index contributed by atoms with van der Waals surface area (Å²) >= 11 is 6.32. The zero-order chi connectivity index (χ0) is 12.7. The van der Waals surface area contributed by atoms with Gasteiger partial charge in [-0.2, -0.15) is 5.10 Å². The summed E-state index contributed by atoms with van der Waals surface area (Å²) in [7, 11) is 1.87. The van der Waals surface area contributed by atoms with Gasteiger partial charge in [0.25, 0.3) is 0 Å². The first-order valence-corrected chi connectivity index (χ1v) is 6.37. The van der Waals surface area contributed by atoms with E-state index in [0.29, 0.717) is 11.1 Å². The van der Waals surface area contributed by atoms with Gasteiger partial charge in [-0.1, -0.05) is 11.6 Å². The Kier molecular flexibility index (Phi) is 4.18. The molecule has 3 rings (SSSR count). The molecule has 0 amide bonds. The molecule has 0 bridgehead atoms. The summed E-state index contributed by atoms with van der Waals surface area (Å²) in [6.07, 6.45) is 1.75. The molecule has 0 saturated carbocycles. The van der Waals surface area contributed by atoms with Crippen LogP contribution in [0, 0.1) is 0 Å². The number of pyridine rings is 1. The van der Waals surface area contributed by atoms with Crippen molar-refractivity contribution >= 4 is 40.9 Å². The number of rotatable bonds is 1. The first kappa shape index (κ1) is 14.4. The van der Waals surface area contributed by atoms with Crippen molar-refractivity contribution in [3.8, 4) is 0 Å². The largest absolute Gasteiger partial charge is 0.377 e. The highest BCUT2D eigenvalue weighted by Gasteiger charge is 2.21. The minimum atomic E-state index is 0. The summed E-state index contributed by atoms with van der Waals surface area (Å²) in [6.45, 7) is 4.43. The maximum absolute atomic E-state index is 6.32. The second-order valence-corrected chi connectivity index (χ2v) is 4.99. The van der Waals surface area contributed by atoms with Gasteiger partial charge in [0.2, 0.25) is 0 Å². The van der Waals surface area contributed by atoms with Crippen LogP contribution in [0.15, 0.2) is 12.3 Å². The van der Waals surface area contributed by atoms with E-state index in [1.54, 1.807) is 10.9 Å². The van der Waals surface area contributed by atoms with E-state index in [-0.39, 0.29) is 12.4 Å². The molecule has 104 valence electrons. The van der Waals surface area contributed by atoms with Gasteiger partial charge in [-0.15, -0.1) is 12.4 Å². The van der Waals surface area contributed by atoms with Crippen LogP contribution in [0.5, 0.6) is 0 Å². The molecule has 0 radical (unpaired) electrons. The molecule has 5 nitrogen and oxygen atoms in total. The monoisotopic (exact) mass is 302 g/mol. The van der Waals surface area contributed by atoms with Crippen molar-refractivity contribution in [3.05, 3.63) is 17.3 Å². The number of morpholine rings is 1. The average molecular weight is 303 g/mol. The van der Waals surface area contributed by atoms with E-state index >= 15 is 0 Å². The number of hydrogen-bond acceptors (Lipinski definition) is 4. The van der Waals surface area contributed by atoms with Crippen molar-refractivity contribution < 1.29 is 4.74 Å². The van der Waals surface area contributed by atoms with E-state index in [0.717, 1.165) is 36.6 Å². The number of fused-ring (bicyclic) bond motifs is 1. The molecule has 0 aromatic carbocycles. The van der Waals surface area contributed by atoms with Crippen molar-refractivity contribution in [2.75, 3.05) is 24.7 Å². The van der Waals surface area contributed by atoms with Gasteiger partial charge in [0, 0.05) is 19.7 Å². The number of aryl methyl sites for hydroxylation is 1. The van der Waals surface area contributed by atoms with E-state index < -0.39 is 0 Å². The molecule has 0 spiro atoms. The number of hydrogen-bond donors (Lipinski definition) is 0. The third kappa shape index (κ3) is 2.50. The second kappa shape index (κ2) is 5.53. The van der Waals surface area contributed by atoms with Crippen molar-refractivity contribution in [2.45, 2.75) is 13.0 Å². The Morgan fingerprint density at radius 3 is 3.00 bits per heavy atom. The normalized spacial score (nSPS) is 19.5. The van der Waals surface area contributed by atoms with Crippen LogP contribution in [0.1, 0.15) is 6.92 Å². The SMILES string of the molecule is CC1COCCN1c1cc(Cl)c2c(cnn2C)n1.Cl. The van der Waals surface area contributed by atoms with Gasteiger partial charge in [0.15, 0.2) is 0 Å². The fourth-order valence-corrected chi connectivity index (χ4v) is 2.65. The number of nitrogens with zero attached hydrogens (tertiary/aromatic N) is 4. The summed E-state index contributed by atoms with van der Waals surface area (Å²) < 4.78 is 7.18. The van der Waals surface area contributed by atoms with Crippen LogP contribution in [-0.2, 0) is 11.8 Å². The second-order valence-electron chi connectivity index (χ2n) is 4.58. The molecule has 2 aromatic heterocycles. The van der Waals surface area contributed by atoms with Gasteiger partial charge in [-0.25, -0.2) is 4.98 Å². The standard InChI is InChI=1S/C12H15ClN4O.ClH/c1-8-7-18-4-3-17(8)11-5-9(13)12-10(15-11)6-14-16(12)2;/h5-6,8H,3-4,7H2,1-2H3;1H. The average Bonchev–Trinajstić information content (AvgIpc) is 2.72. The predicted octanol–water partition coefficient (Wildman–Crippen LogP) is 2.27. The smallest absolute Gasteiger partial charge is 0.131 e. The highest BCUT2D eigenvalue weighted by Crippen LogP contribution is 2.27. The summed E-state index contributed by atoms with van der Waals surface area (Å²) in [6, 6.07) is 2.23. The van der Waals surface area contributed by atoms with Crippen LogP contribution in [0.3, 0.4) is 0 Å². The molecule has 1 aliphatic rings. The first-order chi connectivity index (χ1) is 8.66. The van der Waals surface area contributed by atoms with Crippen LogP contribution in [0.25, 0.3) is 11.0 Å². The van der Waals surface area contributed by atoms with Crippen molar-refractivity contribution in [3.63, 3.8) is 0 Å². The third-order valence-electron chi connectivity index (χ3n) is 3.30. The zero-order valence-corrected chi connectivity index (χ0v) is 12.4. The van der Waals surface area contributed by atoms with Crippen molar-refractivity contribution in [2.24, 2.45) is 7.05 Å². The lowest BCUT2D eigenvalue weighted by Crippen LogP contribution is -2.44. The van der Waals surface area contributed by atoms with E-state index in [1.165, 1.54) is 0 Å². The van der Waals surface area contributed by atoms with E-state index in [9.17, 15) is 0 Å². The van der Waals surface area contributed by atoms with Crippen LogP contribution < -0.4 is 4.90 Å².